The van der Waals surface area contributed by atoms with Crippen LogP contribution < -0.4 is 14.8 Å². The van der Waals surface area contributed by atoms with Crippen LogP contribution in [0.5, 0.6) is 11.5 Å². The van der Waals surface area contributed by atoms with E-state index in [0.717, 1.165) is 19.3 Å². The summed E-state index contributed by atoms with van der Waals surface area (Å²) in [6.45, 7) is 2.66. The Morgan fingerprint density at radius 3 is 2.71 bits per heavy atom. The number of nitrogens with zero attached hydrogens (tertiary/aromatic N) is 1. The van der Waals surface area contributed by atoms with Crippen LogP contribution in [0.3, 0.4) is 0 Å². The van der Waals surface area contributed by atoms with Crippen molar-refractivity contribution < 1.29 is 28.6 Å². The molecule has 2 aliphatic heterocycles. The monoisotopic (exact) mass is 390 g/mol. The lowest BCUT2D eigenvalue weighted by Gasteiger charge is -2.29. The summed E-state index contributed by atoms with van der Waals surface area (Å²) in [5.41, 5.74) is 0.732. The van der Waals surface area contributed by atoms with Gasteiger partial charge >= 0.3 is 5.97 Å². The topological polar surface area (TPSA) is 94.2 Å². The number of rotatable bonds is 8. The molecule has 1 saturated heterocycles. The number of carbonyl (C=O) groups is 3. The van der Waals surface area contributed by atoms with E-state index in [2.05, 4.69) is 12.2 Å². The third kappa shape index (κ3) is 3.50. The Balaban J connectivity index is 1.86. The molecule has 0 spiro atoms. The first-order valence-electron chi connectivity index (χ1n) is 9.58. The first kappa shape index (κ1) is 20.0. The molecule has 28 heavy (non-hydrogen) atoms. The van der Waals surface area contributed by atoms with E-state index in [1.807, 2.05) is 0 Å². The highest BCUT2D eigenvalue weighted by atomic mass is 16.6. The van der Waals surface area contributed by atoms with Crippen molar-refractivity contribution in [3.63, 3.8) is 0 Å². The summed E-state index contributed by atoms with van der Waals surface area (Å²) < 4.78 is 16.1. The van der Waals surface area contributed by atoms with Crippen LogP contribution in [-0.2, 0) is 14.3 Å². The number of hydrogen-bond donors (Lipinski definition) is 1. The summed E-state index contributed by atoms with van der Waals surface area (Å²) in [6, 6.07) is 2.67. The molecule has 2 atom stereocenters. The number of carbonyl (C=O) groups excluding carboxylic acids is 3. The van der Waals surface area contributed by atoms with Gasteiger partial charge in [0.25, 0.3) is 0 Å². The first-order valence-corrected chi connectivity index (χ1v) is 9.58. The largest absolute Gasteiger partial charge is 0.493 e. The van der Waals surface area contributed by atoms with E-state index in [4.69, 9.17) is 14.2 Å². The fourth-order valence-corrected chi connectivity index (χ4v) is 3.75. The van der Waals surface area contributed by atoms with Crippen LogP contribution in [0.15, 0.2) is 12.1 Å². The van der Waals surface area contributed by atoms with Crippen LogP contribution in [0, 0.1) is 0 Å². The number of benzene rings is 1. The predicted molar refractivity (Wildman–Crippen MR) is 100 cm³/mol. The van der Waals surface area contributed by atoms with Gasteiger partial charge in [0.2, 0.25) is 18.0 Å². The zero-order valence-corrected chi connectivity index (χ0v) is 16.4. The minimum absolute atomic E-state index is 0.214. The number of likely N-dealkylation sites (tertiary alicyclic amines) is 1. The molecule has 0 radical (unpaired) electrons. The van der Waals surface area contributed by atoms with Gasteiger partial charge in [-0.3, -0.25) is 14.5 Å². The minimum atomic E-state index is -0.941. The molecule has 1 aromatic rings. The van der Waals surface area contributed by atoms with Crippen molar-refractivity contribution in [2.24, 2.45) is 0 Å². The maximum absolute atomic E-state index is 12.6. The van der Waals surface area contributed by atoms with Gasteiger partial charge in [-0.05, 0) is 25.0 Å². The van der Waals surface area contributed by atoms with Gasteiger partial charge < -0.3 is 19.5 Å². The van der Waals surface area contributed by atoms with Gasteiger partial charge in [0.15, 0.2) is 11.5 Å². The zero-order chi connectivity index (χ0) is 20.3. The highest BCUT2D eigenvalue weighted by molar-refractivity contribution is 5.99. The highest BCUT2D eigenvalue weighted by Gasteiger charge is 2.47. The molecule has 3 rings (SSSR count). The van der Waals surface area contributed by atoms with Crippen LogP contribution in [-0.4, -0.2) is 49.5 Å². The van der Waals surface area contributed by atoms with E-state index < -0.39 is 18.2 Å². The molecule has 1 aromatic carbocycles. The molecule has 8 nitrogen and oxygen atoms in total. The summed E-state index contributed by atoms with van der Waals surface area (Å²) in [5, 5.41) is 2.89. The molecule has 0 aliphatic carbocycles. The molecule has 1 fully saturated rings. The van der Waals surface area contributed by atoms with Crippen LogP contribution >= 0.6 is 0 Å². The summed E-state index contributed by atoms with van der Waals surface area (Å²) in [5.74, 6) is -0.366. The van der Waals surface area contributed by atoms with Crippen molar-refractivity contribution >= 4 is 17.8 Å². The van der Waals surface area contributed by atoms with Gasteiger partial charge in [0.1, 0.15) is 11.6 Å². The molecule has 2 aliphatic rings. The van der Waals surface area contributed by atoms with Gasteiger partial charge in [-0.15, -0.1) is 0 Å². The highest BCUT2D eigenvalue weighted by Crippen LogP contribution is 2.45. The fraction of sp³-hybridized carbons (Fsp3) is 0.550. The Hall–Kier alpha value is -2.77. The Morgan fingerprint density at radius 1 is 1.25 bits per heavy atom. The number of amides is 2. The predicted octanol–water partition coefficient (Wildman–Crippen LogP) is 2.17. The Bertz CT molecular complexity index is 778. The molecule has 8 heteroatoms. The number of unbranched alkanes of at least 4 members (excludes halogenated alkanes) is 2. The lowest BCUT2D eigenvalue weighted by molar-refractivity contribution is -0.145. The Morgan fingerprint density at radius 2 is 2.04 bits per heavy atom. The second-order valence-electron chi connectivity index (χ2n) is 6.88. The van der Waals surface area contributed by atoms with Gasteiger partial charge in [0.05, 0.1) is 14.2 Å². The number of cyclic esters (lactones) is 1. The molecule has 152 valence electrons. The number of methoxy groups -OCH3 is 2. The molecule has 2 heterocycles. The fourth-order valence-electron chi connectivity index (χ4n) is 3.75. The summed E-state index contributed by atoms with van der Waals surface area (Å²) >= 11 is 0. The maximum atomic E-state index is 12.6. The van der Waals surface area contributed by atoms with Crippen LogP contribution in [0.25, 0.3) is 0 Å². The van der Waals surface area contributed by atoms with E-state index in [9.17, 15) is 14.4 Å². The average Bonchev–Trinajstić information content (AvgIpc) is 3.24. The van der Waals surface area contributed by atoms with Crippen molar-refractivity contribution in [3.05, 3.63) is 23.3 Å². The van der Waals surface area contributed by atoms with E-state index in [1.165, 1.54) is 19.1 Å². The van der Waals surface area contributed by atoms with E-state index in [0.29, 0.717) is 24.3 Å². The normalized spacial score (nSPS) is 20.8. The van der Waals surface area contributed by atoms with Crippen LogP contribution in [0.2, 0.25) is 0 Å². The Kier molecular flexibility index (Phi) is 6.06. The van der Waals surface area contributed by atoms with Crippen LogP contribution in [0.4, 0.5) is 0 Å². The van der Waals surface area contributed by atoms with Crippen molar-refractivity contribution in [1.29, 1.82) is 0 Å². The van der Waals surface area contributed by atoms with Crippen molar-refractivity contribution in [3.8, 4) is 11.5 Å². The molecule has 0 unspecified atom stereocenters. The van der Waals surface area contributed by atoms with Crippen molar-refractivity contribution in [1.82, 2.24) is 10.2 Å². The van der Waals surface area contributed by atoms with E-state index >= 15 is 0 Å². The number of esters is 1. The van der Waals surface area contributed by atoms with Gasteiger partial charge in [-0.2, -0.15) is 0 Å². The standard InChI is InChI=1S/C20H26N2O6/c1-4-5-6-11-21-18(24)13-8-10-15(23)22(13)19-12-7-9-14(26-2)17(27-3)16(12)20(25)28-19/h7,9,13,19H,4-6,8,10-11H2,1-3H3,(H,21,24)/t13-,19+/m1/s1. The maximum Gasteiger partial charge on any atom is 0.344 e. The SMILES string of the molecule is CCCCCNC(=O)[C@H]1CCC(=O)N1[C@H]1OC(=O)c2c1ccc(OC)c2OC. The molecule has 0 bridgehead atoms. The molecule has 0 aromatic heterocycles. The van der Waals surface area contributed by atoms with Gasteiger partial charge in [-0.1, -0.05) is 19.8 Å². The second kappa shape index (κ2) is 8.50. The number of nitrogens with one attached hydrogen (secondary N) is 1. The average molecular weight is 390 g/mol. The molecule has 0 saturated carbocycles. The summed E-state index contributed by atoms with van der Waals surface area (Å²) in [7, 11) is 2.91. The molecular weight excluding hydrogens is 364 g/mol. The van der Waals surface area contributed by atoms with E-state index in [1.54, 1.807) is 12.1 Å². The third-order valence-corrected chi connectivity index (χ3v) is 5.16. The molecular formula is C20H26N2O6. The van der Waals surface area contributed by atoms with Crippen molar-refractivity contribution in [2.45, 2.75) is 51.3 Å². The smallest absolute Gasteiger partial charge is 0.344 e. The lowest BCUT2D eigenvalue weighted by Crippen LogP contribution is -2.46. The zero-order valence-electron chi connectivity index (χ0n) is 16.4. The molecule has 2 amide bonds. The first-order chi connectivity index (χ1) is 13.5. The summed E-state index contributed by atoms with van der Waals surface area (Å²) in [4.78, 5) is 39.1. The second-order valence-corrected chi connectivity index (χ2v) is 6.88. The minimum Gasteiger partial charge on any atom is -0.493 e. The van der Waals surface area contributed by atoms with E-state index in [-0.39, 0.29) is 29.5 Å². The van der Waals surface area contributed by atoms with Gasteiger partial charge in [0, 0.05) is 18.5 Å². The number of hydrogen-bond acceptors (Lipinski definition) is 6. The number of ether oxygens (including phenoxy) is 3. The van der Waals surface area contributed by atoms with Crippen LogP contribution in [0.1, 0.15) is 61.2 Å². The quantitative estimate of drug-likeness (QED) is 0.540. The Labute approximate surface area is 164 Å². The van der Waals surface area contributed by atoms with Gasteiger partial charge in [-0.25, -0.2) is 4.79 Å². The van der Waals surface area contributed by atoms with Crippen molar-refractivity contribution in [2.75, 3.05) is 20.8 Å². The lowest BCUT2D eigenvalue weighted by atomic mass is 10.1. The molecule has 1 N–H and O–H groups in total. The third-order valence-electron chi connectivity index (χ3n) is 5.16. The summed E-state index contributed by atoms with van der Waals surface area (Å²) in [6.07, 6.45) is 2.68. The number of fused-ring (bicyclic) bond motifs is 1.